The molecule has 3 nitrogen and oxygen atoms in total. The Hall–Kier alpha value is -1.51. The van der Waals surface area contributed by atoms with E-state index in [1.807, 2.05) is 0 Å². The summed E-state index contributed by atoms with van der Waals surface area (Å²) in [5.74, 6) is 3.59. The second-order valence-electron chi connectivity index (χ2n) is 10.2. The van der Waals surface area contributed by atoms with Crippen molar-refractivity contribution in [1.82, 2.24) is 0 Å². The van der Waals surface area contributed by atoms with E-state index in [1.54, 1.807) is 5.57 Å². The fourth-order valence-corrected chi connectivity index (χ4v) is 8.68. The van der Waals surface area contributed by atoms with E-state index in [4.69, 9.17) is 10.5 Å². The van der Waals surface area contributed by atoms with Crippen LogP contribution >= 0.6 is 0 Å². The summed E-state index contributed by atoms with van der Waals surface area (Å²) in [4.78, 5) is 12.2. The lowest BCUT2D eigenvalue weighted by atomic mass is 9.49. The molecule has 1 aliphatic heterocycles. The summed E-state index contributed by atoms with van der Waals surface area (Å²) in [6.07, 6.45) is 12.0. The maximum Gasteiger partial charge on any atom is 0.306 e. The van der Waals surface area contributed by atoms with Gasteiger partial charge in [-0.15, -0.1) is 0 Å². The van der Waals surface area contributed by atoms with Crippen LogP contribution < -0.4 is 5.73 Å². The third-order valence-corrected chi connectivity index (χ3v) is 9.56. The van der Waals surface area contributed by atoms with Gasteiger partial charge in [-0.1, -0.05) is 19.1 Å². The van der Waals surface area contributed by atoms with Crippen molar-refractivity contribution in [2.45, 2.75) is 70.3 Å². The first kappa shape index (κ1) is 16.4. The van der Waals surface area contributed by atoms with Crippen LogP contribution in [0.1, 0.15) is 64.7 Å². The monoisotopic (exact) mass is 365 g/mol. The van der Waals surface area contributed by atoms with Crippen LogP contribution in [-0.4, -0.2) is 11.6 Å². The standard InChI is InChI=1S/C24H31NO2/c1-3-23-8-6-16-15-5-4-14(25)11-17(15)13(2)10-18(16)22(23)19-12-20(19)24(23)9-7-21(26)27-24/h11,16,18-20,22H,2-10,12,25H2,1H3/t16?,18?,19?,20?,22?,23-,24-/m0/s1. The minimum atomic E-state index is -0.133. The Balaban J connectivity index is 1.44. The third-order valence-electron chi connectivity index (χ3n) is 9.56. The van der Waals surface area contributed by atoms with Crippen LogP contribution in [0.2, 0.25) is 0 Å². The van der Waals surface area contributed by atoms with Gasteiger partial charge in [-0.25, -0.2) is 0 Å². The van der Waals surface area contributed by atoms with E-state index in [1.165, 1.54) is 30.4 Å². The molecule has 1 saturated heterocycles. The van der Waals surface area contributed by atoms with E-state index in [9.17, 15) is 4.79 Å². The molecule has 5 unspecified atom stereocenters. The molecule has 4 fully saturated rings. The summed E-state index contributed by atoms with van der Waals surface area (Å²) in [6.45, 7) is 6.84. The second kappa shape index (κ2) is 5.10. The second-order valence-corrected chi connectivity index (χ2v) is 10.2. The Labute approximate surface area is 162 Å². The third kappa shape index (κ3) is 1.82. The number of fused-ring (bicyclic) bond motifs is 8. The Morgan fingerprint density at radius 2 is 2.11 bits per heavy atom. The molecular formula is C24H31NO2. The van der Waals surface area contributed by atoms with Gasteiger partial charge < -0.3 is 10.5 Å². The number of nitrogens with two attached hydrogens (primary N) is 1. The summed E-state index contributed by atoms with van der Waals surface area (Å²) >= 11 is 0. The van der Waals surface area contributed by atoms with Crippen molar-refractivity contribution in [3.05, 3.63) is 35.1 Å². The minimum Gasteiger partial charge on any atom is -0.458 e. The van der Waals surface area contributed by atoms with Gasteiger partial charge >= 0.3 is 5.97 Å². The molecule has 3 saturated carbocycles. The number of rotatable bonds is 1. The number of carbonyl (C=O) groups excluding carboxylic acids is 1. The lowest BCUT2D eigenvalue weighted by Crippen LogP contribution is -2.55. The molecule has 2 N–H and O–H groups in total. The van der Waals surface area contributed by atoms with Gasteiger partial charge in [0.2, 0.25) is 0 Å². The average Bonchev–Trinajstić information content (AvgIpc) is 3.30. The Morgan fingerprint density at radius 3 is 2.85 bits per heavy atom. The van der Waals surface area contributed by atoms with E-state index in [2.05, 4.69) is 19.6 Å². The highest BCUT2D eigenvalue weighted by atomic mass is 16.6. The normalized spacial score (nSPS) is 50.0. The smallest absolute Gasteiger partial charge is 0.306 e. The Bertz CT molecular complexity index is 822. The summed E-state index contributed by atoms with van der Waals surface area (Å²) in [5.41, 5.74) is 11.6. The number of ether oxygens (including phenoxy) is 1. The summed E-state index contributed by atoms with van der Waals surface area (Å²) < 4.78 is 6.26. The van der Waals surface area contributed by atoms with Crippen molar-refractivity contribution in [2.24, 2.45) is 40.7 Å². The zero-order valence-electron chi connectivity index (χ0n) is 16.4. The molecule has 144 valence electrons. The molecule has 3 heteroatoms. The van der Waals surface area contributed by atoms with Gasteiger partial charge in [0.05, 0.1) is 0 Å². The summed E-state index contributed by atoms with van der Waals surface area (Å²) in [5, 5.41) is 0. The van der Waals surface area contributed by atoms with E-state index in [-0.39, 0.29) is 17.0 Å². The van der Waals surface area contributed by atoms with Crippen molar-refractivity contribution < 1.29 is 9.53 Å². The lowest BCUT2D eigenvalue weighted by molar-refractivity contribution is -0.175. The van der Waals surface area contributed by atoms with E-state index in [0.717, 1.165) is 43.7 Å². The van der Waals surface area contributed by atoms with E-state index < -0.39 is 0 Å². The average molecular weight is 366 g/mol. The maximum atomic E-state index is 12.2. The zero-order chi connectivity index (χ0) is 18.6. The minimum absolute atomic E-state index is 0.0576. The topological polar surface area (TPSA) is 52.3 Å². The molecule has 1 spiro atoms. The molecule has 0 amide bonds. The van der Waals surface area contributed by atoms with Gasteiger partial charge in [0.25, 0.3) is 0 Å². The molecule has 1 heterocycles. The van der Waals surface area contributed by atoms with Crippen LogP contribution in [0.5, 0.6) is 0 Å². The highest BCUT2D eigenvalue weighted by Gasteiger charge is 2.79. The largest absolute Gasteiger partial charge is 0.458 e. The van der Waals surface area contributed by atoms with Crippen molar-refractivity contribution in [2.75, 3.05) is 0 Å². The molecule has 27 heavy (non-hydrogen) atoms. The highest BCUT2D eigenvalue weighted by Crippen LogP contribution is 2.79. The SMILES string of the molecule is C=C1CC2C(CC[C@@]3(CC)C2C2CC2[C@@]32CCC(=O)O2)C2=C1C=C(N)CC2. The van der Waals surface area contributed by atoms with Gasteiger partial charge in [-0.05, 0) is 92.3 Å². The number of esters is 1. The Morgan fingerprint density at radius 1 is 1.26 bits per heavy atom. The van der Waals surface area contributed by atoms with Crippen LogP contribution in [0, 0.1) is 35.0 Å². The molecule has 0 aromatic heterocycles. The first-order valence-electron chi connectivity index (χ1n) is 11.1. The van der Waals surface area contributed by atoms with Crippen LogP contribution in [0.4, 0.5) is 0 Å². The maximum absolute atomic E-state index is 12.2. The number of allylic oxidation sites excluding steroid dienone is 5. The quantitative estimate of drug-likeness (QED) is 0.689. The van der Waals surface area contributed by atoms with Gasteiger partial charge in [0.1, 0.15) is 5.60 Å². The molecule has 0 aromatic rings. The predicted molar refractivity (Wildman–Crippen MR) is 104 cm³/mol. The summed E-state index contributed by atoms with van der Waals surface area (Å²) in [6, 6.07) is 0. The lowest BCUT2D eigenvalue weighted by Gasteiger charge is -2.57. The van der Waals surface area contributed by atoms with E-state index >= 15 is 0 Å². The Kier molecular flexibility index (Phi) is 3.10. The van der Waals surface area contributed by atoms with Crippen molar-refractivity contribution >= 4 is 5.97 Å². The molecule has 6 rings (SSSR count). The number of hydrogen-bond donors (Lipinski definition) is 1. The van der Waals surface area contributed by atoms with Gasteiger partial charge in [0.15, 0.2) is 0 Å². The molecule has 0 bridgehead atoms. The first-order chi connectivity index (χ1) is 13.0. The number of hydrogen-bond acceptors (Lipinski definition) is 3. The first-order valence-corrected chi connectivity index (χ1v) is 11.1. The van der Waals surface area contributed by atoms with Crippen LogP contribution in [-0.2, 0) is 9.53 Å². The van der Waals surface area contributed by atoms with Crippen LogP contribution in [0.3, 0.4) is 0 Å². The van der Waals surface area contributed by atoms with Crippen LogP contribution in [0.25, 0.3) is 0 Å². The van der Waals surface area contributed by atoms with Crippen molar-refractivity contribution in [1.29, 1.82) is 0 Å². The van der Waals surface area contributed by atoms with Crippen molar-refractivity contribution in [3.8, 4) is 0 Å². The number of carbonyl (C=O) groups is 1. The predicted octanol–water partition coefficient (Wildman–Crippen LogP) is 4.64. The molecule has 5 aliphatic carbocycles. The highest BCUT2D eigenvalue weighted by molar-refractivity contribution is 5.73. The fraction of sp³-hybridized carbons (Fsp3) is 0.708. The van der Waals surface area contributed by atoms with E-state index in [0.29, 0.717) is 30.1 Å². The molecular weight excluding hydrogens is 334 g/mol. The molecule has 0 radical (unpaired) electrons. The van der Waals surface area contributed by atoms with Crippen molar-refractivity contribution in [3.63, 3.8) is 0 Å². The molecule has 0 aromatic carbocycles. The summed E-state index contributed by atoms with van der Waals surface area (Å²) in [7, 11) is 0. The molecule has 7 atom stereocenters. The van der Waals surface area contributed by atoms with Crippen LogP contribution in [0.15, 0.2) is 35.1 Å². The molecule has 6 aliphatic rings. The van der Waals surface area contributed by atoms with Gasteiger partial charge in [-0.2, -0.15) is 0 Å². The van der Waals surface area contributed by atoms with Gasteiger partial charge in [0, 0.05) is 23.5 Å². The fourth-order valence-electron chi connectivity index (χ4n) is 8.68. The zero-order valence-corrected chi connectivity index (χ0v) is 16.4. The van der Waals surface area contributed by atoms with Gasteiger partial charge in [-0.3, -0.25) is 4.79 Å².